The van der Waals surface area contributed by atoms with Crippen LogP contribution in [0.4, 0.5) is 5.69 Å². The molecule has 0 aliphatic heterocycles. The van der Waals surface area contributed by atoms with E-state index < -0.39 is 5.91 Å². The molecule has 0 fully saturated rings. The van der Waals surface area contributed by atoms with Crippen LogP contribution in [0, 0.1) is 11.3 Å². The fraction of sp³-hybridized carbons (Fsp3) is 0.111. The molecular weight excluding hydrogens is 370 g/mol. The maximum atomic E-state index is 12.1. The molecule has 2 rings (SSSR count). The fourth-order valence-electron chi connectivity index (χ4n) is 1.90. The van der Waals surface area contributed by atoms with E-state index in [4.69, 9.17) is 10.00 Å². The smallest absolute Gasteiger partial charge is 0.263 e. The Morgan fingerprint density at radius 1 is 1.25 bits per heavy atom. The van der Waals surface area contributed by atoms with E-state index in [9.17, 15) is 4.79 Å². The number of hydrogen-bond donors (Lipinski definition) is 2. The molecule has 0 aliphatic rings. The number of carbonyl (C=O) groups excluding carboxylic acids is 1. The Morgan fingerprint density at radius 2 is 1.96 bits per heavy atom. The molecule has 6 heteroatoms. The van der Waals surface area contributed by atoms with Crippen LogP contribution in [0.3, 0.4) is 0 Å². The first-order valence-corrected chi connectivity index (χ1v) is 7.96. The normalized spacial score (nSPS) is 10.6. The third-order valence-electron chi connectivity index (χ3n) is 3.22. The average Bonchev–Trinajstić information content (AvgIpc) is 2.62. The fourth-order valence-corrected chi connectivity index (χ4v) is 2.30. The number of para-hydroxylation sites is 1. The van der Waals surface area contributed by atoms with E-state index in [2.05, 4.69) is 26.6 Å². The van der Waals surface area contributed by atoms with Gasteiger partial charge in [0.2, 0.25) is 0 Å². The Morgan fingerprint density at radius 3 is 2.58 bits per heavy atom. The first-order chi connectivity index (χ1) is 11.6. The number of anilines is 1. The lowest BCUT2D eigenvalue weighted by atomic mass is 10.2. The molecule has 24 heavy (non-hydrogen) atoms. The van der Waals surface area contributed by atoms with Gasteiger partial charge in [0.25, 0.3) is 5.91 Å². The van der Waals surface area contributed by atoms with Crippen molar-refractivity contribution in [3.63, 3.8) is 0 Å². The van der Waals surface area contributed by atoms with Crippen LogP contribution in [0.25, 0.3) is 0 Å². The number of nitrogens with zero attached hydrogens (tertiary/aromatic N) is 1. The summed E-state index contributed by atoms with van der Waals surface area (Å²) < 4.78 is 5.93. The number of nitriles is 1. The van der Waals surface area contributed by atoms with E-state index in [-0.39, 0.29) is 5.57 Å². The Kier molecular flexibility index (Phi) is 6.41. The molecule has 2 aromatic carbocycles. The van der Waals surface area contributed by atoms with Crippen LogP contribution in [-0.2, 0) is 11.3 Å². The molecule has 122 valence electrons. The molecule has 0 spiro atoms. The number of nitrogens with one attached hydrogen (secondary N) is 2. The van der Waals surface area contributed by atoms with E-state index in [1.165, 1.54) is 6.20 Å². The van der Waals surface area contributed by atoms with Crippen LogP contribution in [0.5, 0.6) is 5.75 Å². The molecule has 0 unspecified atom stereocenters. The van der Waals surface area contributed by atoms with Gasteiger partial charge in [-0.3, -0.25) is 4.79 Å². The van der Waals surface area contributed by atoms with Gasteiger partial charge in [-0.25, -0.2) is 0 Å². The van der Waals surface area contributed by atoms with E-state index in [0.29, 0.717) is 6.54 Å². The quantitative estimate of drug-likeness (QED) is 0.588. The van der Waals surface area contributed by atoms with Crippen molar-refractivity contribution < 1.29 is 9.53 Å². The molecule has 2 aromatic rings. The zero-order valence-corrected chi connectivity index (χ0v) is 14.6. The number of ether oxygens (including phenoxy) is 1. The predicted octanol–water partition coefficient (Wildman–Crippen LogP) is 3.59. The van der Waals surface area contributed by atoms with Crippen LogP contribution in [0.1, 0.15) is 5.56 Å². The highest BCUT2D eigenvalue weighted by atomic mass is 79.9. The summed E-state index contributed by atoms with van der Waals surface area (Å²) in [5.41, 5.74) is 1.69. The maximum Gasteiger partial charge on any atom is 0.263 e. The minimum atomic E-state index is -0.437. The number of methoxy groups -OCH3 is 1. The minimum Gasteiger partial charge on any atom is -0.497 e. The summed E-state index contributed by atoms with van der Waals surface area (Å²) in [6, 6.07) is 16.7. The minimum absolute atomic E-state index is 0.000681. The number of benzene rings is 2. The van der Waals surface area contributed by atoms with Gasteiger partial charge in [0.05, 0.1) is 12.8 Å². The summed E-state index contributed by atoms with van der Waals surface area (Å²) in [6.07, 6.45) is 1.39. The van der Waals surface area contributed by atoms with Crippen LogP contribution in [-0.4, -0.2) is 13.0 Å². The van der Waals surface area contributed by atoms with Crippen molar-refractivity contribution in [2.75, 3.05) is 12.4 Å². The van der Waals surface area contributed by atoms with Crippen molar-refractivity contribution in [2.45, 2.75) is 6.54 Å². The molecule has 0 saturated carbocycles. The van der Waals surface area contributed by atoms with E-state index in [1.54, 1.807) is 7.11 Å². The van der Waals surface area contributed by atoms with Gasteiger partial charge in [-0.1, -0.05) is 24.3 Å². The van der Waals surface area contributed by atoms with Crippen LogP contribution < -0.4 is 15.4 Å². The zero-order chi connectivity index (χ0) is 17.4. The van der Waals surface area contributed by atoms with Gasteiger partial charge in [0.1, 0.15) is 17.4 Å². The lowest BCUT2D eigenvalue weighted by Crippen LogP contribution is -2.24. The molecule has 1 amide bonds. The van der Waals surface area contributed by atoms with Crippen molar-refractivity contribution in [1.29, 1.82) is 5.26 Å². The Bertz CT molecular complexity index is 780. The van der Waals surface area contributed by atoms with Crippen molar-refractivity contribution in [1.82, 2.24) is 5.32 Å². The molecule has 0 bridgehead atoms. The topological polar surface area (TPSA) is 74.1 Å². The molecule has 0 aromatic heterocycles. The Balaban J connectivity index is 1.97. The maximum absolute atomic E-state index is 12.1. The highest BCUT2D eigenvalue weighted by Gasteiger charge is 2.09. The number of rotatable bonds is 6. The third-order valence-corrected chi connectivity index (χ3v) is 3.91. The molecule has 0 aliphatic carbocycles. The molecule has 2 N–H and O–H groups in total. The van der Waals surface area contributed by atoms with Crippen LogP contribution in [0.15, 0.2) is 64.8 Å². The van der Waals surface area contributed by atoms with E-state index in [0.717, 1.165) is 21.5 Å². The van der Waals surface area contributed by atoms with Crippen LogP contribution in [0.2, 0.25) is 0 Å². The van der Waals surface area contributed by atoms with Gasteiger partial charge >= 0.3 is 0 Å². The highest BCUT2D eigenvalue weighted by Crippen LogP contribution is 2.21. The van der Waals surface area contributed by atoms with Gasteiger partial charge < -0.3 is 15.4 Å². The molecule has 0 heterocycles. The Labute approximate surface area is 149 Å². The van der Waals surface area contributed by atoms with Gasteiger partial charge in [-0.2, -0.15) is 5.26 Å². The number of carbonyl (C=O) groups is 1. The van der Waals surface area contributed by atoms with Crippen molar-refractivity contribution in [3.8, 4) is 11.8 Å². The molecule has 0 saturated heterocycles. The number of halogens is 1. The first kappa shape index (κ1) is 17.6. The van der Waals surface area contributed by atoms with E-state index >= 15 is 0 Å². The standard InChI is InChI=1S/C18H16BrN3O2/c1-24-15-8-6-13(7-9-15)11-22-18(23)14(10-20)12-21-17-5-3-2-4-16(17)19/h2-9,12,21H,11H2,1H3,(H,22,23)/b14-12-. The SMILES string of the molecule is COc1ccc(CNC(=O)/C(C#N)=C\Nc2ccccc2Br)cc1. The Hall–Kier alpha value is -2.78. The summed E-state index contributed by atoms with van der Waals surface area (Å²) in [5, 5.41) is 14.8. The molecule has 0 radical (unpaired) electrons. The lowest BCUT2D eigenvalue weighted by Gasteiger charge is -2.07. The number of hydrogen-bond acceptors (Lipinski definition) is 4. The van der Waals surface area contributed by atoms with Crippen molar-refractivity contribution in [2.24, 2.45) is 0 Å². The first-order valence-electron chi connectivity index (χ1n) is 7.16. The largest absolute Gasteiger partial charge is 0.497 e. The zero-order valence-electron chi connectivity index (χ0n) is 13.0. The van der Waals surface area contributed by atoms with Gasteiger partial charge in [0.15, 0.2) is 0 Å². The lowest BCUT2D eigenvalue weighted by molar-refractivity contribution is -0.117. The summed E-state index contributed by atoms with van der Waals surface area (Å²) in [6.45, 7) is 0.330. The molecular formula is C18H16BrN3O2. The second-order valence-corrected chi connectivity index (χ2v) is 5.68. The molecule has 0 atom stereocenters. The second kappa shape index (κ2) is 8.75. The highest BCUT2D eigenvalue weighted by molar-refractivity contribution is 9.10. The average molecular weight is 386 g/mol. The monoisotopic (exact) mass is 385 g/mol. The van der Waals surface area contributed by atoms with Crippen LogP contribution >= 0.6 is 15.9 Å². The summed E-state index contributed by atoms with van der Waals surface area (Å²) in [4.78, 5) is 12.1. The van der Waals surface area contributed by atoms with Crippen molar-refractivity contribution >= 4 is 27.5 Å². The van der Waals surface area contributed by atoms with Gasteiger partial charge in [-0.05, 0) is 45.8 Å². The van der Waals surface area contributed by atoms with Gasteiger partial charge in [0, 0.05) is 17.2 Å². The van der Waals surface area contributed by atoms with Crippen molar-refractivity contribution in [3.05, 3.63) is 70.3 Å². The summed E-state index contributed by atoms with van der Waals surface area (Å²) >= 11 is 3.39. The second-order valence-electron chi connectivity index (χ2n) is 4.82. The summed E-state index contributed by atoms with van der Waals surface area (Å²) in [5.74, 6) is 0.313. The summed E-state index contributed by atoms with van der Waals surface area (Å²) in [7, 11) is 1.60. The predicted molar refractivity (Wildman–Crippen MR) is 96.3 cm³/mol. The molecule has 5 nitrogen and oxygen atoms in total. The number of amides is 1. The van der Waals surface area contributed by atoms with E-state index in [1.807, 2.05) is 54.6 Å². The third kappa shape index (κ3) is 4.86. The van der Waals surface area contributed by atoms with Gasteiger partial charge in [-0.15, -0.1) is 0 Å².